The van der Waals surface area contributed by atoms with Gasteiger partial charge >= 0.3 is 0 Å². The van der Waals surface area contributed by atoms with E-state index in [4.69, 9.17) is 0 Å². The minimum Gasteiger partial charge on any atom is -0.303 e. The van der Waals surface area contributed by atoms with Crippen LogP contribution in [0.1, 0.15) is 36.8 Å². The first-order chi connectivity index (χ1) is 8.86. The van der Waals surface area contributed by atoms with E-state index in [9.17, 15) is 0 Å². The van der Waals surface area contributed by atoms with Gasteiger partial charge in [-0.15, -0.1) is 11.8 Å². The Kier molecular flexibility index (Phi) is 2.70. The Morgan fingerprint density at radius 1 is 1.17 bits per heavy atom. The highest BCUT2D eigenvalue weighted by atomic mass is 32.2. The maximum absolute atomic E-state index is 2.71. The highest BCUT2D eigenvalue weighted by molar-refractivity contribution is 7.99. The monoisotopic (exact) mass is 259 g/mol. The van der Waals surface area contributed by atoms with Crippen molar-refractivity contribution in [1.82, 2.24) is 4.90 Å². The minimum atomic E-state index is 0.469. The molecule has 2 fully saturated rings. The van der Waals surface area contributed by atoms with Crippen LogP contribution in [0, 0.1) is 5.92 Å². The Morgan fingerprint density at radius 2 is 1.94 bits per heavy atom. The van der Waals surface area contributed by atoms with Gasteiger partial charge < -0.3 is 4.90 Å². The summed E-state index contributed by atoms with van der Waals surface area (Å²) in [6, 6.07) is 9.13. The molecule has 0 aromatic heterocycles. The highest BCUT2D eigenvalue weighted by Gasteiger charge is 2.42. The second kappa shape index (κ2) is 4.28. The summed E-state index contributed by atoms with van der Waals surface area (Å²) in [4.78, 5) is 2.71. The van der Waals surface area contributed by atoms with Crippen molar-refractivity contribution < 1.29 is 0 Å². The molecule has 0 atom stereocenters. The summed E-state index contributed by atoms with van der Waals surface area (Å²) >= 11 is 2.20. The van der Waals surface area contributed by atoms with Gasteiger partial charge in [0.2, 0.25) is 0 Å². The lowest BCUT2D eigenvalue weighted by molar-refractivity contribution is 0.194. The fourth-order valence-electron chi connectivity index (χ4n) is 3.56. The molecule has 4 rings (SSSR count). The van der Waals surface area contributed by atoms with Crippen molar-refractivity contribution in [3.8, 4) is 0 Å². The SMILES string of the molecule is c1ccc2c(c1)CSC21CCN(CC2CC2)CC1. The number of benzene rings is 1. The van der Waals surface area contributed by atoms with E-state index < -0.39 is 0 Å². The summed E-state index contributed by atoms with van der Waals surface area (Å²) in [5.41, 5.74) is 3.25. The first-order valence-corrected chi connectivity index (χ1v) is 8.29. The lowest BCUT2D eigenvalue weighted by atomic mass is 9.86. The zero-order valence-electron chi connectivity index (χ0n) is 10.9. The third kappa shape index (κ3) is 1.90. The van der Waals surface area contributed by atoms with E-state index in [1.54, 1.807) is 11.1 Å². The maximum Gasteiger partial charge on any atom is 0.0439 e. The molecule has 3 aliphatic rings. The Balaban J connectivity index is 1.50. The van der Waals surface area contributed by atoms with Crippen LogP contribution in [0.4, 0.5) is 0 Å². The van der Waals surface area contributed by atoms with E-state index in [-0.39, 0.29) is 0 Å². The average Bonchev–Trinajstić information content (AvgIpc) is 3.17. The largest absolute Gasteiger partial charge is 0.303 e. The normalized spacial score (nSPS) is 26.4. The molecule has 1 spiro atoms. The maximum atomic E-state index is 2.71. The van der Waals surface area contributed by atoms with Crippen molar-refractivity contribution in [2.75, 3.05) is 19.6 Å². The van der Waals surface area contributed by atoms with Gasteiger partial charge in [0.15, 0.2) is 0 Å². The Hall–Kier alpha value is -0.470. The number of likely N-dealkylation sites (tertiary alicyclic amines) is 1. The zero-order valence-corrected chi connectivity index (χ0v) is 11.7. The third-order valence-corrected chi connectivity index (χ3v) is 6.53. The number of hydrogen-bond acceptors (Lipinski definition) is 2. The molecule has 1 aromatic carbocycles. The Bertz CT molecular complexity index is 444. The fraction of sp³-hybridized carbons (Fsp3) is 0.625. The summed E-state index contributed by atoms with van der Waals surface area (Å²) in [6.45, 7) is 4.01. The van der Waals surface area contributed by atoms with E-state index >= 15 is 0 Å². The van der Waals surface area contributed by atoms with Crippen LogP contribution in [-0.2, 0) is 10.5 Å². The minimum absolute atomic E-state index is 0.469. The number of rotatable bonds is 2. The van der Waals surface area contributed by atoms with Crippen LogP contribution in [0.3, 0.4) is 0 Å². The van der Waals surface area contributed by atoms with Crippen molar-refractivity contribution in [3.05, 3.63) is 35.4 Å². The predicted molar refractivity (Wildman–Crippen MR) is 77.8 cm³/mol. The van der Waals surface area contributed by atoms with Gasteiger partial charge in [-0.1, -0.05) is 24.3 Å². The number of hydrogen-bond donors (Lipinski definition) is 0. The fourth-order valence-corrected chi connectivity index (χ4v) is 5.07. The van der Waals surface area contributed by atoms with Crippen LogP contribution in [0.15, 0.2) is 24.3 Å². The van der Waals surface area contributed by atoms with Gasteiger partial charge in [0.25, 0.3) is 0 Å². The molecule has 2 heterocycles. The molecular weight excluding hydrogens is 238 g/mol. The van der Waals surface area contributed by atoms with Crippen LogP contribution in [0.25, 0.3) is 0 Å². The number of fused-ring (bicyclic) bond motifs is 2. The van der Waals surface area contributed by atoms with E-state index in [0.29, 0.717) is 4.75 Å². The van der Waals surface area contributed by atoms with Gasteiger partial charge in [-0.05, 0) is 55.8 Å². The first-order valence-electron chi connectivity index (χ1n) is 7.30. The lowest BCUT2D eigenvalue weighted by Gasteiger charge is -2.39. The quantitative estimate of drug-likeness (QED) is 0.798. The standard InChI is InChI=1S/C16H21NS/c1-2-4-15-14(3-1)12-18-16(15)7-9-17(10-8-16)11-13-5-6-13/h1-4,13H,5-12H2. The van der Waals surface area contributed by atoms with Crippen molar-refractivity contribution in [3.63, 3.8) is 0 Å². The summed E-state index contributed by atoms with van der Waals surface area (Å²) in [7, 11) is 0. The van der Waals surface area contributed by atoms with Crippen LogP contribution < -0.4 is 0 Å². The molecule has 1 aromatic rings. The second-order valence-electron chi connectivity index (χ2n) is 6.18. The molecule has 1 aliphatic carbocycles. The van der Waals surface area contributed by atoms with E-state index in [2.05, 4.69) is 40.9 Å². The summed E-state index contributed by atoms with van der Waals surface area (Å²) in [5, 5.41) is 0. The second-order valence-corrected chi connectivity index (χ2v) is 7.54. The van der Waals surface area contributed by atoms with Crippen molar-refractivity contribution in [2.45, 2.75) is 36.2 Å². The molecule has 18 heavy (non-hydrogen) atoms. The molecule has 0 N–H and O–H groups in total. The molecule has 2 heteroatoms. The van der Waals surface area contributed by atoms with Gasteiger partial charge in [-0.25, -0.2) is 0 Å². The molecule has 1 saturated carbocycles. The topological polar surface area (TPSA) is 3.24 Å². The summed E-state index contributed by atoms with van der Waals surface area (Å²) in [6.07, 6.45) is 5.70. The Labute approximate surface area is 114 Å². The highest BCUT2D eigenvalue weighted by Crippen LogP contribution is 2.53. The molecule has 0 radical (unpaired) electrons. The average molecular weight is 259 g/mol. The van der Waals surface area contributed by atoms with Crippen LogP contribution in [-0.4, -0.2) is 24.5 Å². The van der Waals surface area contributed by atoms with E-state index in [1.165, 1.54) is 51.1 Å². The zero-order chi connectivity index (χ0) is 12.0. The van der Waals surface area contributed by atoms with Gasteiger partial charge in [0.1, 0.15) is 0 Å². The van der Waals surface area contributed by atoms with Crippen LogP contribution in [0.2, 0.25) is 0 Å². The Morgan fingerprint density at radius 3 is 2.72 bits per heavy atom. The summed E-state index contributed by atoms with van der Waals surface area (Å²) < 4.78 is 0.469. The van der Waals surface area contributed by atoms with E-state index in [0.717, 1.165) is 5.92 Å². The van der Waals surface area contributed by atoms with E-state index in [1.807, 2.05) is 0 Å². The predicted octanol–water partition coefficient (Wildman–Crippen LogP) is 3.63. The molecule has 0 unspecified atom stereocenters. The van der Waals surface area contributed by atoms with Crippen molar-refractivity contribution >= 4 is 11.8 Å². The summed E-state index contributed by atoms with van der Waals surface area (Å²) in [5.74, 6) is 2.28. The van der Waals surface area contributed by atoms with Crippen LogP contribution in [0.5, 0.6) is 0 Å². The number of piperidine rings is 1. The molecule has 1 saturated heterocycles. The van der Waals surface area contributed by atoms with Crippen LogP contribution >= 0.6 is 11.8 Å². The molecule has 1 nitrogen and oxygen atoms in total. The van der Waals surface area contributed by atoms with Gasteiger partial charge in [-0.3, -0.25) is 0 Å². The van der Waals surface area contributed by atoms with Gasteiger partial charge in [0, 0.05) is 17.0 Å². The van der Waals surface area contributed by atoms with Gasteiger partial charge in [-0.2, -0.15) is 0 Å². The van der Waals surface area contributed by atoms with Crippen molar-refractivity contribution in [1.29, 1.82) is 0 Å². The smallest absolute Gasteiger partial charge is 0.0439 e. The molecule has 96 valence electrons. The van der Waals surface area contributed by atoms with Crippen molar-refractivity contribution in [2.24, 2.45) is 5.92 Å². The molecular formula is C16H21NS. The first kappa shape index (κ1) is 11.4. The molecule has 2 aliphatic heterocycles. The molecule has 0 amide bonds. The lowest BCUT2D eigenvalue weighted by Crippen LogP contribution is -2.40. The molecule has 0 bridgehead atoms. The number of nitrogens with zero attached hydrogens (tertiary/aromatic N) is 1. The number of thioether (sulfide) groups is 1. The third-order valence-electron chi connectivity index (χ3n) is 4.89. The van der Waals surface area contributed by atoms with Gasteiger partial charge in [0.05, 0.1) is 0 Å².